The number of anilines is 1. The van der Waals surface area contributed by atoms with Crippen molar-refractivity contribution in [2.75, 3.05) is 74.9 Å². The summed E-state index contributed by atoms with van der Waals surface area (Å²) in [6.45, 7) is 16.3. The predicted octanol–water partition coefficient (Wildman–Crippen LogP) is 8.55. The molecule has 0 saturated carbocycles. The third kappa shape index (κ3) is 12.9. The molecule has 0 atom stereocenters. The van der Waals surface area contributed by atoms with Crippen LogP contribution in [0.4, 0.5) is 10.5 Å². The second-order valence-electron chi connectivity index (χ2n) is 11.2. The number of para-hydroxylation sites is 2. The summed E-state index contributed by atoms with van der Waals surface area (Å²) in [6, 6.07) is 10.3. The van der Waals surface area contributed by atoms with Crippen molar-refractivity contribution < 1.29 is 4.79 Å². The molecule has 2 N–H and O–H groups in total. The summed E-state index contributed by atoms with van der Waals surface area (Å²) >= 11 is 5.27. The molecule has 3 heterocycles. The lowest BCUT2D eigenvalue weighted by atomic mass is 10.1. The van der Waals surface area contributed by atoms with Gasteiger partial charge in [-0.05, 0) is 43.0 Å². The number of aryl methyl sites for hydroxylation is 1. The number of aromatic nitrogens is 3. The molecule has 0 bridgehead atoms. The first kappa shape index (κ1) is 40.8. The van der Waals surface area contributed by atoms with Crippen molar-refractivity contribution in [1.29, 1.82) is 0 Å². The predicted molar refractivity (Wildman–Crippen MR) is 205 cm³/mol. The number of carbonyl (C=O) groups excluding carboxylic acids is 1. The molecule has 258 valence electrons. The Morgan fingerprint density at radius 3 is 2.28 bits per heavy atom. The molecule has 1 aliphatic rings. The molecule has 0 radical (unpaired) electrons. The van der Waals surface area contributed by atoms with Gasteiger partial charge in [0, 0.05) is 68.7 Å². The fourth-order valence-corrected chi connectivity index (χ4v) is 8.01. The lowest BCUT2D eigenvalue weighted by molar-refractivity contribution is 0.127. The molecule has 4 rings (SSSR count). The van der Waals surface area contributed by atoms with Gasteiger partial charge >= 0.3 is 6.03 Å². The number of aromatic amines is 1. The number of urea groups is 1. The Balaban J connectivity index is 0.00000368. The van der Waals surface area contributed by atoms with Gasteiger partial charge in [0.25, 0.3) is 0 Å². The average Bonchev–Trinajstić information content (AvgIpc) is 3.44. The summed E-state index contributed by atoms with van der Waals surface area (Å²) in [6.07, 6.45) is 5.94. The maximum absolute atomic E-state index is 13.8. The van der Waals surface area contributed by atoms with Crippen molar-refractivity contribution >= 4 is 82.9 Å². The van der Waals surface area contributed by atoms with E-state index in [-0.39, 0.29) is 30.8 Å². The minimum Gasteiger partial charge on any atom is -0.333 e. The van der Waals surface area contributed by atoms with E-state index in [0.29, 0.717) is 0 Å². The number of nitrogens with zero attached hydrogens (tertiary/aromatic N) is 5. The van der Waals surface area contributed by atoms with Crippen molar-refractivity contribution in [3.05, 3.63) is 36.0 Å². The highest BCUT2D eigenvalue weighted by atomic mass is 35.5. The quantitative estimate of drug-likeness (QED) is 0.0997. The van der Waals surface area contributed by atoms with Gasteiger partial charge < -0.3 is 15.2 Å². The number of amides is 2. The Kier molecular flexibility index (Phi) is 19.8. The van der Waals surface area contributed by atoms with E-state index in [2.05, 4.69) is 59.1 Å². The van der Waals surface area contributed by atoms with Crippen LogP contribution in [0.15, 0.2) is 45.4 Å². The normalized spacial score (nSPS) is 13.7. The van der Waals surface area contributed by atoms with Crippen LogP contribution in [-0.4, -0.2) is 105 Å². The van der Waals surface area contributed by atoms with Crippen LogP contribution < -0.4 is 5.32 Å². The maximum atomic E-state index is 13.8. The van der Waals surface area contributed by atoms with E-state index >= 15 is 0 Å². The molecule has 2 amide bonds. The Bertz CT molecular complexity index is 1250. The van der Waals surface area contributed by atoms with Gasteiger partial charge in [-0.1, -0.05) is 70.3 Å². The van der Waals surface area contributed by atoms with Crippen LogP contribution in [0.3, 0.4) is 0 Å². The van der Waals surface area contributed by atoms with E-state index < -0.39 is 0 Å². The molecular weight excluding hydrogens is 678 g/mol. The first-order chi connectivity index (χ1) is 21.5. The van der Waals surface area contributed by atoms with Crippen LogP contribution >= 0.6 is 60.1 Å². The number of imidazole rings is 1. The van der Waals surface area contributed by atoms with Crippen LogP contribution in [-0.2, 0) is 0 Å². The molecule has 0 aliphatic carbocycles. The highest BCUT2D eigenvalue weighted by Crippen LogP contribution is 2.35. The maximum Gasteiger partial charge on any atom is 0.321 e. The van der Waals surface area contributed by atoms with E-state index in [0.717, 1.165) is 114 Å². The molecule has 1 saturated heterocycles. The van der Waals surface area contributed by atoms with Crippen molar-refractivity contribution in [3.8, 4) is 0 Å². The van der Waals surface area contributed by atoms with Crippen molar-refractivity contribution in [2.24, 2.45) is 0 Å². The van der Waals surface area contributed by atoms with E-state index in [4.69, 9.17) is 9.97 Å². The molecule has 1 aromatic carbocycles. The fourth-order valence-electron chi connectivity index (χ4n) is 5.42. The SMILES string of the molecule is CCCCCCCN(CCN1CCN(CCSc2nc3ccccc3[nH]2)CC1)C(=O)Nc1c(SCC)cc(C)nc1SCC.Cl.Cl. The first-order valence-corrected chi connectivity index (χ1v) is 19.3. The van der Waals surface area contributed by atoms with Crippen LogP contribution in [0.2, 0.25) is 0 Å². The van der Waals surface area contributed by atoms with Gasteiger partial charge in [-0.2, -0.15) is 0 Å². The second kappa shape index (κ2) is 22.3. The average molecular weight is 731 g/mol. The number of piperazine rings is 1. The van der Waals surface area contributed by atoms with Gasteiger partial charge in [-0.25, -0.2) is 14.8 Å². The van der Waals surface area contributed by atoms with E-state index in [1.54, 1.807) is 35.3 Å². The van der Waals surface area contributed by atoms with Gasteiger partial charge in [-0.3, -0.25) is 9.80 Å². The number of unbranched alkanes of at least 4 members (excludes halogenated alkanes) is 4. The summed E-state index contributed by atoms with van der Waals surface area (Å²) in [5, 5.41) is 5.24. The van der Waals surface area contributed by atoms with Gasteiger partial charge in [-0.15, -0.1) is 48.3 Å². The van der Waals surface area contributed by atoms with Crippen LogP contribution in [0.5, 0.6) is 0 Å². The number of nitrogens with one attached hydrogen (secondary N) is 2. The summed E-state index contributed by atoms with van der Waals surface area (Å²) in [4.78, 5) is 34.9. The smallest absolute Gasteiger partial charge is 0.321 e. The highest BCUT2D eigenvalue weighted by Gasteiger charge is 2.22. The molecular formula is C33H53Cl2N7OS3. The fraction of sp³-hybridized carbons (Fsp3) is 0.606. The molecule has 13 heteroatoms. The summed E-state index contributed by atoms with van der Waals surface area (Å²) in [7, 11) is 0. The molecule has 1 aliphatic heterocycles. The zero-order valence-corrected chi connectivity index (χ0v) is 32.0. The molecule has 46 heavy (non-hydrogen) atoms. The third-order valence-electron chi connectivity index (χ3n) is 7.87. The van der Waals surface area contributed by atoms with Crippen molar-refractivity contribution in [2.45, 2.75) is 74.9 Å². The number of hydrogen-bond acceptors (Lipinski definition) is 8. The number of fused-ring (bicyclic) bond motifs is 1. The van der Waals surface area contributed by atoms with Gasteiger partial charge in [0.1, 0.15) is 5.03 Å². The zero-order valence-electron chi connectivity index (χ0n) is 27.9. The minimum atomic E-state index is 0. The van der Waals surface area contributed by atoms with E-state index in [1.165, 1.54) is 25.7 Å². The van der Waals surface area contributed by atoms with Crippen molar-refractivity contribution in [1.82, 2.24) is 29.7 Å². The largest absolute Gasteiger partial charge is 0.333 e. The molecule has 3 aromatic rings. The Hall–Kier alpha value is -1.34. The van der Waals surface area contributed by atoms with Crippen LogP contribution in [0, 0.1) is 6.92 Å². The van der Waals surface area contributed by atoms with Crippen molar-refractivity contribution in [3.63, 3.8) is 0 Å². The van der Waals surface area contributed by atoms with Gasteiger partial charge in [0.2, 0.25) is 0 Å². The standard InChI is InChI=1S/C33H51N7OS3.2ClH/c1-5-8-9-10-13-16-40(33(41)37-30-29(42-6-2)25-26(4)34-31(30)43-7-3)22-21-38-17-19-39(20-18-38)23-24-44-32-35-27-14-11-12-15-28(27)36-32;;/h11-12,14-15,25H,5-10,13,16-24H2,1-4H3,(H,35,36)(H,37,41);2*1H. The Morgan fingerprint density at radius 2 is 1.59 bits per heavy atom. The monoisotopic (exact) mass is 729 g/mol. The minimum absolute atomic E-state index is 0. The van der Waals surface area contributed by atoms with E-state index in [9.17, 15) is 4.79 Å². The van der Waals surface area contributed by atoms with E-state index in [1.807, 2.05) is 24.0 Å². The lowest BCUT2D eigenvalue weighted by Crippen LogP contribution is -2.49. The number of hydrogen-bond donors (Lipinski definition) is 2. The second-order valence-corrected chi connectivity index (χ2v) is 14.9. The van der Waals surface area contributed by atoms with Crippen LogP contribution in [0.25, 0.3) is 11.0 Å². The molecule has 0 spiro atoms. The number of rotatable bonds is 18. The third-order valence-corrected chi connectivity index (χ3v) is 10.5. The zero-order chi connectivity index (χ0) is 31.1. The highest BCUT2D eigenvalue weighted by molar-refractivity contribution is 8.00. The number of H-pyrrole nitrogens is 1. The molecule has 0 unspecified atom stereocenters. The number of halogens is 2. The van der Waals surface area contributed by atoms with Gasteiger partial charge in [0.05, 0.1) is 16.7 Å². The first-order valence-electron chi connectivity index (χ1n) is 16.4. The number of pyridine rings is 1. The molecule has 8 nitrogen and oxygen atoms in total. The Morgan fingerprint density at radius 1 is 0.891 bits per heavy atom. The number of thioether (sulfide) groups is 3. The van der Waals surface area contributed by atoms with Gasteiger partial charge in [0.15, 0.2) is 5.16 Å². The summed E-state index contributed by atoms with van der Waals surface area (Å²) in [5.74, 6) is 2.89. The lowest BCUT2D eigenvalue weighted by Gasteiger charge is -2.35. The summed E-state index contributed by atoms with van der Waals surface area (Å²) < 4.78 is 0. The number of carbonyl (C=O) groups is 1. The Labute approximate surface area is 301 Å². The number of benzene rings is 1. The molecule has 2 aromatic heterocycles. The summed E-state index contributed by atoms with van der Waals surface area (Å²) in [5.41, 5.74) is 4.01. The topological polar surface area (TPSA) is 80.4 Å². The van der Waals surface area contributed by atoms with Crippen LogP contribution in [0.1, 0.15) is 58.6 Å². The molecule has 1 fully saturated rings.